The van der Waals surface area contributed by atoms with Crippen LogP contribution in [-0.2, 0) is 6.54 Å². The van der Waals surface area contributed by atoms with Crippen molar-refractivity contribution in [1.82, 2.24) is 30.2 Å². The summed E-state index contributed by atoms with van der Waals surface area (Å²) in [5.41, 5.74) is 0.513. The van der Waals surface area contributed by atoms with Crippen molar-refractivity contribution in [2.75, 3.05) is 18.0 Å². The Morgan fingerprint density at radius 2 is 2.29 bits per heavy atom. The van der Waals surface area contributed by atoms with Crippen molar-refractivity contribution < 1.29 is 8.78 Å². The van der Waals surface area contributed by atoms with Gasteiger partial charge in [0.25, 0.3) is 5.92 Å². The van der Waals surface area contributed by atoms with Crippen molar-refractivity contribution >= 4 is 5.95 Å². The summed E-state index contributed by atoms with van der Waals surface area (Å²) in [6.07, 6.45) is 3.51. The number of halogens is 2. The molecule has 1 fully saturated rings. The van der Waals surface area contributed by atoms with E-state index in [-0.39, 0.29) is 13.0 Å². The molecule has 2 aromatic rings. The lowest BCUT2D eigenvalue weighted by molar-refractivity contribution is -0.0122. The maximum absolute atomic E-state index is 13.6. The normalized spacial score (nSPS) is 17.9. The molecular formula is C12H15F2N7. The van der Waals surface area contributed by atoms with Crippen LogP contribution in [0.2, 0.25) is 0 Å². The van der Waals surface area contributed by atoms with E-state index in [9.17, 15) is 8.78 Å². The predicted octanol–water partition coefficient (Wildman–Crippen LogP) is 1.48. The Balaban J connectivity index is 1.97. The first kappa shape index (κ1) is 13.7. The Morgan fingerprint density at radius 1 is 1.43 bits per heavy atom. The Bertz CT molecular complexity index is 620. The minimum Gasteiger partial charge on any atom is -0.335 e. The quantitative estimate of drug-likeness (QED) is 0.865. The lowest BCUT2D eigenvalue weighted by Crippen LogP contribution is -2.43. The fraction of sp³-hybridized carbons (Fsp3) is 0.500. The van der Waals surface area contributed by atoms with Crippen LogP contribution in [0.5, 0.6) is 0 Å². The Morgan fingerprint density at radius 3 is 2.95 bits per heavy atom. The molecule has 0 unspecified atom stereocenters. The zero-order valence-electron chi connectivity index (χ0n) is 11.3. The number of H-pyrrole nitrogens is 1. The van der Waals surface area contributed by atoms with Crippen molar-refractivity contribution in [3.05, 3.63) is 18.9 Å². The lowest BCUT2D eigenvalue weighted by atomic mass is 10.1. The number of nitrogens with one attached hydrogen (secondary N) is 1. The van der Waals surface area contributed by atoms with Gasteiger partial charge in [-0.05, 0) is 6.42 Å². The van der Waals surface area contributed by atoms with E-state index in [1.165, 1.54) is 6.20 Å². The fourth-order valence-electron chi connectivity index (χ4n) is 2.46. The molecule has 0 bridgehead atoms. The van der Waals surface area contributed by atoms with Crippen molar-refractivity contribution in [2.24, 2.45) is 0 Å². The highest BCUT2D eigenvalue weighted by Gasteiger charge is 2.37. The van der Waals surface area contributed by atoms with Gasteiger partial charge in [0, 0.05) is 19.5 Å². The molecule has 1 aliphatic heterocycles. The number of allylic oxidation sites excluding steroid dienone is 1. The molecule has 0 aliphatic carbocycles. The van der Waals surface area contributed by atoms with Crippen LogP contribution in [0.1, 0.15) is 12.8 Å². The van der Waals surface area contributed by atoms with E-state index in [2.05, 4.69) is 32.2 Å². The third kappa shape index (κ3) is 2.63. The Kier molecular flexibility index (Phi) is 3.40. The van der Waals surface area contributed by atoms with E-state index < -0.39 is 5.92 Å². The number of piperidine rings is 1. The fourth-order valence-corrected chi connectivity index (χ4v) is 2.46. The van der Waals surface area contributed by atoms with Crippen molar-refractivity contribution in [1.29, 1.82) is 0 Å². The molecule has 1 saturated heterocycles. The minimum absolute atomic E-state index is 0.0881. The molecule has 0 atom stereocenters. The van der Waals surface area contributed by atoms with E-state index in [1.54, 1.807) is 15.5 Å². The zero-order chi connectivity index (χ0) is 14.9. The number of hydrogen-bond acceptors (Lipinski definition) is 5. The molecule has 3 rings (SSSR count). The monoisotopic (exact) mass is 295 g/mol. The van der Waals surface area contributed by atoms with Crippen molar-refractivity contribution in [2.45, 2.75) is 25.3 Å². The standard InChI is InChI=1S/C12H15F2N7/c1-2-5-21-10(9-7-15-19-16-9)17-18-11(21)20-6-3-4-12(13,14)8-20/h2,7H,1,3-6,8H2,(H,15,16,19). The van der Waals surface area contributed by atoms with Crippen LogP contribution in [0.25, 0.3) is 11.5 Å². The second kappa shape index (κ2) is 5.23. The summed E-state index contributed by atoms with van der Waals surface area (Å²) in [6, 6.07) is 0. The molecule has 1 aliphatic rings. The molecule has 9 heteroatoms. The topological polar surface area (TPSA) is 75.5 Å². The molecule has 0 radical (unpaired) electrons. The average molecular weight is 295 g/mol. The lowest BCUT2D eigenvalue weighted by Gasteiger charge is -2.33. The molecule has 112 valence electrons. The predicted molar refractivity (Wildman–Crippen MR) is 72.0 cm³/mol. The number of alkyl halides is 2. The molecule has 0 spiro atoms. The SMILES string of the molecule is C=CCn1c(-c2cn[nH]n2)nnc1N1CCCC(F)(F)C1. The maximum Gasteiger partial charge on any atom is 0.265 e. The maximum atomic E-state index is 13.6. The smallest absolute Gasteiger partial charge is 0.265 e. The number of hydrogen-bond donors (Lipinski definition) is 1. The van der Waals surface area contributed by atoms with Gasteiger partial charge < -0.3 is 4.90 Å². The van der Waals surface area contributed by atoms with Gasteiger partial charge in [-0.2, -0.15) is 15.4 Å². The second-order valence-corrected chi connectivity index (χ2v) is 4.96. The first-order valence-corrected chi connectivity index (χ1v) is 6.64. The molecule has 0 aromatic carbocycles. The van der Waals surface area contributed by atoms with Gasteiger partial charge in [0.15, 0.2) is 5.82 Å². The highest BCUT2D eigenvalue weighted by atomic mass is 19.3. The van der Waals surface area contributed by atoms with Crippen LogP contribution in [-0.4, -0.2) is 49.2 Å². The van der Waals surface area contributed by atoms with Gasteiger partial charge in [-0.1, -0.05) is 6.08 Å². The van der Waals surface area contributed by atoms with E-state index in [0.717, 1.165) is 0 Å². The second-order valence-electron chi connectivity index (χ2n) is 4.96. The average Bonchev–Trinajstić information content (AvgIpc) is 3.06. The molecule has 7 nitrogen and oxygen atoms in total. The number of rotatable bonds is 4. The third-order valence-corrected chi connectivity index (χ3v) is 3.36. The van der Waals surface area contributed by atoms with Crippen LogP contribution < -0.4 is 4.90 Å². The van der Waals surface area contributed by atoms with Crippen molar-refractivity contribution in [3.8, 4) is 11.5 Å². The number of aromatic nitrogens is 6. The van der Waals surface area contributed by atoms with Crippen LogP contribution in [0.4, 0.5) is 14.7 Å². The number of nitrogens with zero attached hydrogens (tertiary/aromatic N) is 6. The van der Waals surface area contributed by atoms with Crippen molar-refractivity contribution in [3.63, 3.8) is 0 Å². The highest BCUT2D eigenvalue weighted by Crippen LogP contribution is 2.30. The number of aromatic amines is 1. The van der Waals surface area contributed by atoms with E-state index in [4.69, 9.17) is 0 Å². The Labute approximate surface area is 119 Å². The van der Waals surface area contributed by atoms with E-state index >= 15 is 0 Å². The first-order valence-electron chi connectivity index (χ1n) is 6.64. The molecular weight excluding hydrogens is 280 g/mol. The van der Waals surface area contributed by atoms with E-state index in [1.807, 2.05) is 0 Å². The van der Waals surface area contributed by atoms with Crippen LogP contribution in [0, 0.1) is 0 Å². The van der Waals surface area contributed by atoms with Gasteiger partial charge in [0.2, 0.25) is 5.95 Å². The molecule has 1 N–H and O–H groups in total. The first-order chi connectivity index (χ1) is 10.1. The van der Waals surface area contributed by atoms with Crippen LogP contribution in [0.15, 0.2) is 18.9 Å². The summed E-state index contributed by atoms with van der Waals surface area (Å²) in [6.45, 7) is 4.28. The summed E-state index contributed by atoms with van der Waals surface area (Å²) in [4.78, 5) is 1.56. The van der Waals surface area contributed by atoms with Crippen LogP contribution in [0.3, 0.4) is 0 Å². The molecule has 2 aromatic heterocycles. The zero-order valence-corrected chi connectivity index (χ0v) is 11.3. The van der Waals surface area contributed by atoms with Gasteiger partial charge in [-0.25, -0.2) is 8.78 Å². The van der Waals surface area contributed by atoms with Gasteiger partial charge in [-0.15, -0.1) is 16.8 Å². The summed E-state index contributed by atoms with van der Waals surface area (Å²) >= 11 is 0. The Hall–Kier alpha value is -2.32. The molecule has 0 amide bonds. The van der Waals surface area contributed by atoms with Gasteiger partial charge in [-0.3, -0.25) is 4.57 Å². The third-order valence-electron chi connectivity index (χ3n) is 3.36. The molecule has 3 heterocycles. The van der Waals surface area contributed by atoms with Crippen LogP contribution >= 0.6 is 0 Å². The summed E-state index contributed by atoms with van der Waals surface area (Å²) in [5, 5.41) is 18.3. The van der Waals surface area contributed by atoms with Gasteiger partial charge >= 0.3 is 0 Å². The highest BCUT2D eigenvalue weighted by molar-refractivity contribution is 5.51. The van der Waals surface area contributed by atoms with Gasteiger partial charge in [0.05, 0.1) is 12.7 Å². The summed E-state index contributed by atoms with van der Waals surface area (Å²) < 4.78 is 28.9. The van der Waals surface area contributed by atoms with Gasteiger partial charge in [0.1, 0.15) is 5.69 Å². The largest absolute Gasteiger partial charge is 0.335 e. The molecule has 21 heavy (non-hydrogen) atoms. The summed E-state index contributed by atoms with van der Waals surface area (Å²) in [5.74, 6) is -1.81. The minimum atomic E-state index is -2.70. The van der Waals surface area contributed by atoms with E-state index in [0.29, 0.717) is 37.0 Å². The molecule has 0 saturated carbocycles. The summed E-state index contributed by atoms with van der Waals surface area (Å²) in [7, 11) is 0. The number of anilines is 1.